The zero-order chi connectivity index (χ0) is 9.80. The van der Waals surface area contributed by atoms with Gasteiger partial charge in [0.15, 0.2) is 0 Å². The molecule has 0 N–H and O–H groups in total. The van der Waals surface area contributed by atoms with Crippen LogP contribution >= 0.6 is 0 Å². The quantitative estimate of drug-likeness (QED) is 0.677. The van der Waals surface area contributed by atoms with E-state index in [1.165, 1.54) is 0 Å². The Kier molecular flexibility index (Phi) is 3.65. The van der Waals surface area contributed by atoms with Crippen molar-refractivity contribution in [2.75, 3.05) is 0 Å². The second-order valence-electron chi connectivity index (χ2n) is 3.02. The summed E-state index contributed by atoms with van der Waals surface area (Å²) in [6.45, 7) is 0. The Morgan fingerprint density at radius 2 is 1.40 bits per heavy atom. The molecular weight excluding hydrogens is 182 g/mol. The molecule has 0 aliphatic heterocycles. The molecule has 0 heterocycles. The van der Waals surface area contributed by atoms with Crippen molar-refractivity contribution in [1.29, 1.82) is 5.26 Å². The van der Waals surface area contributed by atoms with Crippen LogP contribution in [0.2, 0.25) is 0 Å². The van der Waals surface area contributed by atoms with Crippen LogP contribution in [0.15, 0.2) is 54.6 Å². The zero-order valence-electron chi connectivity index (χ0n) is 7.64. The highest BCUT2D eigenvalue weighted by atomic mass is 14.2. The van der Waals surface area contributed by atoms with Gasteiger partial charge in [0.2, 0.25) is 0 Å². The van der Waals surface area contributed by atoms with Crippen molar-refractivity contribution < 1.29 is 0 Å². The number of nitrogens with zero attached hydrogens (tertiary/aromatic N) is 1. The van der Waals surface area contributed by atoms with E-state index in [9.17, 15) is 0 Å². The predicted octanol–water partition coefficient (Wildman–Crippen LogP) is 3.86. The molecule has 74 valence electrons. The van der Waals surface area contributed by atoms with Gasteiger partial charge in [0.25, 0.3) is 0 Å². The van der Waals surface area contributed by atoms with Gasteiger partial charge in [-0.2, -0.15) is 5.26 Å². The smallest absolute Gasteiger partial charge is 0.0998 e. The lowest BCUT2D eigenvalue weighted by atomic mass is 10.0. The predicted molar refractivity (Wildman–Crippen MR) is 63.3 cm³/mol. The first-order valence-corrected chi connectivity index (χ1v) is 4.46. The summed E-state index contributed by atoms with van der Waals surface area (Å²) in [5.74, 6) is 0. The van der Waals surface area contributed by atoms with Crippen molar-refractivity contribution in [2.24, 2.45) is 0 Å². The highest BCUT2D eigenvalue weighted by Gasteiger charge is 2.01. The van der Waals surface area contributed by atoms with Gasteiger partial charge < -0.3 is 0 Å². The molecule has 0 saturated carbocycles. The minimum Gasteiger partial charge on any atom is -0.192 e. The van der Waals surface area contributed by atoms with Gasteiger partial charge in [0.1, 0.15) is 0 Å². The molecule has 0 radical (unpaired) electrons. The average molecular weight is 195 g/mol. The Labute approximate surface area is 90.6 Å². The van der Waals surface area contributed by atoms with Gasteiger partial charge >= 0.3 is 0 Å². The summed E-state index contributed by atoms with van der Waals surface area (Å²) in [5, 5.41) is 8.93. The van der Waals surface area contributed by atoms with Crippen LogP contribution in [-0.2, 0) is 0 Å². The van der Waals surface area contributed by atoms with E-state index in [1.807, 2.05) is 54.6 Å². The molecule has 0 aliphatic carbocycles. The molecule has 1 nitrogen and oxygen atoms in total. The molecule has 0 aromatic heterocycles. The van der Waals surface area contributed by atoms with Crippen molar-refractivity contribution in [2.45, 2.75) is 7.43 Å². The van der Waals surface area contributed by atoms with Crippen LogP contribution in [0, 0.1) is 11.3 Å². The Bertz CT molecular complexity index is 466. The van der Waals surface area contributed by atoms with Crippen LogP contribution in [0.3, 0.4) is 0 Å². The van der Waals surface area contributed by atoms with E-state index < -0.39 is 0 Å². The van der Waals surface area contributed by atoms with E-state index in [1.54, 1.807) is 0 Å². The summed E-state index contributed by atoms with van der Waals surface area (Å²) in [6.07, 6.45) is 0. The molecule has 0 fully saturated rings. The largest absolute Gasteiger partial charge is 0.192 e. The maximum absolute atomic E-state index is 8.93. The van der Waals surface area contributed by atoms with Crippen LogP contribution in [0.5, 0.6) is 0 Å². The Hall–Kier alpha value is -2.07. The maximum Gasteiger partial charge on any atom is 0.0998 e. The molecular formula is C14H13N. The van der Waals surface area contributed by atoms with Gasteiger partial charge in [-0.15, -0.1) is 0 Å². The third-order valence-electron chi connectivity index (χ3n) is 2.13. The van der Waals surface area contributed by atoms with Crippen LogP contribution < -0.4 is 0 Å². The first-order chi connectivity index (χ1) is 6.92. The lowest BCUT2D eigenvalue weighted by molar-refractivity contribution is 1.48. The highest BCUT2D eigenvalue weighted by Crippen LogP contribution is 2.22. The summed E-state index contributed by atoms with van der Waals surface area (Å²) in [4.78, 5) is 0. The molecule has 1 heteroatoms. The van der Waals surface area contributed by atoms with E-state index in [4.69, 9.17) is 5.26 Å². The van der Waals surface area contributed by atoms with Gasteiger partial charge in [-0.25, -0.2) is 0 Å². The van der Waals surface area contributed by atoms with Gasteiger partial charge in [-0.3, -0.25) is 0 Å². The SMILES string of the molecule is C.N#Cc1ccccc1-c1ccccc1. The van der Waals surface area contributed by atoms with Crippen molar-refractivity contribution >= 4 is 0 Å². The highest BCUT2D eigenvalue weighted by molar-refractivity contribution is 5.70. The van der Waals surface area contributed by atoms with Crippen molar-refractivity contribution in [3.63, 3.8) is 0 Å². The molecule has 0 bridgehead atoms. The number of hydrogen-bond acceptors (Lipinski definition) is 1. The minimum absolute atomic E-state index is 0. The molecule has 0 amide bonds. The normalized spacial score (nSPS) is 8.73. The van der Waals surface area contributed by atoms with Crippen molar-refractivity contribution in [3.8, 4) is 17.2 Å². The number of rotatable bonds is 1. The summed E-state index contributed by atoms with van der Waals surface area (Å²) in [6, 6.07) is 19.8. The van der Waals surface area contributed by atoms with E-state index >= 15 is 0 Å². The molecule has 0 spiro atoms. The van der Waals surface area contributed by atoms with Crippen molar-refractivity contribution in [1.82, 2.24) is 0 Å². The van der Waals surface area contributed by atoms with Crippen LogP contribution in [0.1, 0.15) is 13.0 Å². The topological polar surface area (TPSA) is 23.8 Å². The minimum atomic E-state index is 0. The molecule has 2 rings (SSSR count). The number of benzene rings is 2. The molecule has 0 atom stereocenters. The molecule has 2 aromatic carbocycles. The standard InChI is InChI=1S/C13H9N.CH4/c14-10-12-8-4-5-9-13(12)11-6-2-1-3-7-11;/h1-9H;1H4. The second kappa shape index (κ2) is 4.97. The van der Waals surface area contributed by atoms with Gasteiger partial charge in [-0.1, -0.05) is 56.0 Å². The van der Waals surface area contributed by atoms with Crippen LogP contribution in [0.25, 0.3) is 11.1 Å². The van der Waals surface area contributed by atoms with Gasteiger partial charge in [-0.05, 0) is 17.2 Å². The number of nitriles is 1. The molecule has 0 unspecified atom stereocenters. The lowest BCUT2D eigenvalue weighted by Gasteiger charge is -2.02. The summed E-state index contributed by atoms with van der Waals surface area (Å²) < 4.78 is 0. The summed E-state index contributed by atoms with van der Waals surface area (Å²) in [5.41, 5.74) is 2.80. The summed E-state index contributed by atoms with van der Waals surface area (Å²) in [7, 11) is 0. The maximum atomic E-state index is 8.93. The average Bonchev–Trinajstić information content (AvgIpc) is 2.30. The van der Waals surface area contributed by atoms with E-state index in [0.717, 1.165) is 16.7 Å². The molecule has 15 heavy (non-hydrogen) atoms. The number of hydrogen-bond donors (Lipinski definition) is 0. The monoisotopic (exact) mass is 195 g/mol. The van der Waals surface area contributed by atoms with E-state index in [0.29, 0.717) is 0 Å². The van der Waals surface area contributed by atoms with Crippen molar-refractivity contribution in [3.05, 3.63) is 60.2 Å². The molecule has 2 aromatic rings. The third-order valence-corrected chi connectivity index (χ3v) is 2.13. The van der Waals surface area contributed by atoms with E-state index in [-0.39, 0.29) is 7.43 Å². The fourth-order valence-electron chi connectivity index (χ4n) is 1.45. The Morgan fingerprint density at radius 3 is 2.07 bits per heavy atom. The van der Waals surface area contributed by atoms with E-state index in [2.05, 4.69) is 6.07 Å². The van der Waals surface area contributed by atoms with Gasteiger partial charge in [0.05, 0.1) is 11.6 Å². The second-order valence-corrected chi connectivity index (χ2v) is 3.02. The third kappa shape index (κ3) is 2.24. The fourth-order valence-corrected chi connectivity index (χ4v) is 1.45. The summed E-state index contributed by atoms with van der Waals surface area (Å²) >= 11 is 0. The van der Waals surface area contributed by atoms with Crippen LogP contribution in [-0.4, -0.2) is 0 Å². The zero-order valence-corrected chi connectivity index (χ0v) is 7.64. The molecule has 0 aliphatic rings. The lowest BCUT2D eigenvalue weighted by Crippen LogP contribution is -1.82. The van der Waals surface area contributed by atoms with Gasteiger partial charge in [0, 0.05) is 0 Å². The Balaban J connectivity index is 0.00000112. The first-order valence-electron chi connectivity index (χ1n) is 4.46. The molecule has 0 saturated heterocycles. The first kappa shape index (κ1) is 11.0. The Morgan fingerprint density at radius 1 is 0.800 bits per heavy atom. The fraction of sp³-hybridized carbons (Fsp3) is 0.0714. The van der Waals surface area contributed by atoms with Crippen LogP contribution in [0.4, 0.5) is 0 Å².